The Labute approximate surface area is 213 Å². The first-order valence-electron chi connectivity index (χ1n) is 11.5. The number of nitrogens with one attached hydrogen (secondary N) is 1. The van der Waals surface area contributed by atoms with Crippen LogP contribution in [0.15, 0.2) is 55.0 Å². The van der Waals surface area contributed by atoms with Crippen molar-refractivity contribution in [2.45, 2.75) is 45.4 Å². The summed E-state index contributed by atoms with van der Waals surface area (Å²) < 4.78 is 18.0. The minimum atomic E-state index is -1.52. The first kappa shape index (κ1) is 27.1. The van der Waals surface area contributed by atoms with Crippen molar-refractivity contribution in [2.75, 3.05) is 6.61 Å². The van der Waals surface area contributed by atoms with Gasteiger partial charge in [0.25, 0.3) is 5.88 Å². The summed E-state index contributed by atoms with van der Waals surface area (Å²) in [5.41, 5.74) is 0.251. The molecule has 2 heterocycles. The summed E-state index contributed by atoms with van der Waals surface area (Å²) in [7, 11) is 1.72. The van der Waals surface area contributed by atoms with Gasteiger partial charge in [-0.15, -0.1) is 0 Å². The largest absolute Gasteiger partial charge is 0.463 e. The number of rotatable bonds is 9. The second-order valence-electron chi connectivity index (χ2n) is 9.03. The molecule has 0 aliphatic heterocycles. The van der Waals surface area contributed by atoms with Gasteiger partial charge in [0.15, 0.2) is 0 Å². The number of hydrogen-bond donors (Lipinski definition) is 1. The summed E-state index contributed by atoms with van der Waals surface area (Å²) in [5, 5.41) is 18.6. The Morgan fingerprint density at radius 3 is 2.43 bits per heavy atom. The highest BCUT2D eigenvalue weighted by atomic mass is 16.6. The van der Waals surface area contributed by atoms with E-state index in [9.17, 15) is 19.7 Å². The molecule has 2 aromatic heterocycles. The number of esters is 1. The van der Waals surface area contributed by atoms with Crippen LogP contribution in [0.1, 0.15) is 39.3 Å². The van der Waals surface area contributed by atoms with Gasteiger partial charge in [-0.05, 0) is 33.3 Å². The van der Waals surface area contributed by atoms with E-state index < -0.39 is 46.3 Å². The number of nitro groups is 1. The normalized spacial score (nSPS) is 12.8. The van der Waals surface area contributed by atoms with Crippen LogP contribution in [0.5, 0.6) is 5.88 Å². The summed E-state index contributed by atoms with van der Waals surface area (Å²) >= 11 is 0. The van der Waals surface area contributed by atoms with Gasteiger partial charge < -0.3 is 19.5 Å². The summed E-state index contributed by atoms with van der Waals surface area (Å²) in [6, 6.07) is 8.69. The van der Waals surface area contributed by atoms with Crippen molar-refractivity contribution in [1.82, 2.24) is 20.1 Å². The maximum absolute atomic E-state index is 13.1. The van der Waals surface area contributed by atoms with Gasteiger partial charge in [0, 0.05) is 36.6 Å². The van der Waals surface area contributed by atoms with Crippen LogP contribution in [-0.4, -0.2) is 50.1 Å². The number of hydrogen-bond acceptors (Lipinski definition) is 9. The lowest BCUT2D eigenvalue weighted by Gasteiger charge is -2.28. The van der Waals surface area contributed by atoms with Crippen molar-refractivity contribution < 1.29 is 28.7 Å². The maximum atomic E-state index is 13.1. The Kier molecular flexibility index (Phi) is 8.43. The molecule has 1 aromatic carbocycles. The zero-order valence-corrected chi connectivity index (χ0v) is 21.2. The number of nitrogens with zero attached hydrogens (tertiary/aromatic N) is 4. The highest BCUT2D eigenvalue weighted by Crippen LogP contribution is 2.32. The monoisotopic (exact) mass is 511 g/mol. The first-order chi connectivity index (χ1) is 17.5. The van der Waals surface area contributed by atoms with Crippen molar-refractivity contribution in [3.8, 4) is 17.0 Å². The fourth-order valence-electron chi connectivity index (χ4n) is 3.42. The molecule has 12 heteroatoms. The zero-order valence-electron chi connectivity index (χ0n) is 21.2. The van der Waals surface area contributed by atoms with Crippen molar-refractivity contribution >= 4 is 17.7 Å². The van der Waals surface area contributed by atoms with E-state index in [4.69, 9.17) is 14.2 Å². The van der Waals surface area contributed by atoms with Crippen LogP contribution in [0.4, 0.5) is 10.5 Å². The Bertz CT molecular complexity index is 1250. The van der Waals surface area contributed by atoms with E-state index in [0.717, 1.165) is 0 Å². The van der Waals surface area contributed by atoms with E-state index in [-0.39, 0.29) is 6.61 Å². The Hall–Kier alpha value is -4.48. The molecule has 12 nitrogen and oxygen atoms in total. The lowest BCUT2D eigenvalue weighted by Crippen LogP contribution is -2.46. The van der Waals surface area contributed by atoms with Gasteiger partial charge >= 0.3 is 17.7 Å². The molecule has 2 atom stereocenters. The number of aryl methyl sites for hydroxylation is 1. The number of benzene rings is 1. The van der Waals surface area contributed by atoms with Crippen LogP contribution < -0.4 is 10.1 Å². The Morgan fingerprint density at radius 2 is 1.86 bits per heavy atom. The van der Waals surface area contributed by atoms with Crippen LogP contribution in [0.2, 0.25) is 0 Å². The predicted octanol–water partition coefficient (Wildman–Crippen LogP) is 3.97. The Morgan fingerprint density at radius 1 is 1.16 bits per heavy atom. The molecular weight excluding hydrogens is 482 g/mol. The van der Waals surface area contributed by atoms with Crippen molar-refractivity contribution in [3.63, 3.8) is 0 Å². The molecule has 1 amide bonds. The SMILES string of the molecule is CCOC(=O)[C@H](Oc1ncc(-c2cnn(C)c2)cc1[N+](=O)[O-])[C@H](NC(=O)OC(C)(C)C)c1ccccc1. The van der Waals surface area contributed by atoms with Gasteiger partial charge in [-0.25, -0.2) is 14.6 Å². The van der Waals surface area contributed by atoms with Gasteiger partial charge in [-0.2, -0.15) is 5.10 Å². The third-order valence-electron chi connectivity index (χ3n) is 4.96. The number of carbonyl (C=O) groups is 2. The number of amides is 1. The highest BCUT2D eigenvalue weighted by molar-refractivity contribution is 5.78. The highest BCUT2D eigenvalue weighted by Gasteiger charge is 2.37. The molecule has 0 aliphatic carbocycles. The van der Waals surface area contributed by atoms with E-state index in [1.807, 2.05) is 0 Å². The number of ether oxygens (including phenoxy) is 3. The molecule has 3 rings (SSSR count). The van der Waals surface area contributed by atoms with Crippen molar-refractivity contribution in [2.24, 2.45) is 7.05 Å². The fraction of sp³-hybridized carbons (Fsp3) is 0.360. The zero-order chi connectivity index (χ0) is 27.2. The molecule has 37 heavy (non-hydrogen) atoms. The molecule has 0 bridgehead atoms. The van der Waals surface area contributed by atoms with Crippen LogP contribution in [0.3, 0.4) is 0 Å². The molecule has 0 saturated heterocycles. The van der Waals surface area contributed by atoms with Crippen LogP contribution in [-0.2, 0) is 21.3 Å². The average molecular weight is 512 g/mol. The molecule has 1 N–H and O–H groups in total. The Balaban J connectivity index is 2.04. The summed E-state index contributed by atoms with van der Waals surface area (Å²) in [6.07, 6.45) is 2.26. The lowest BCUT2D eigenvalue weighted by molar-refractivity contribution is -0.386. The molecule has 0 aliphatic rings. The number of pyridine rings is 1. The van der Waals surface area contributed by atoms with Crippen LogP contribution in [0.25, 0.3) is 11.1 Å². The van der Waals surface area contributed by atoms with Gasteiger partial charge in [-0.1, -0.05) is 30.3 Å². The quantitative estimate of drug-likeness (QED) is 0.256. The molecule has 196 valence electrons. The smallest absolute Gasteiger partial charge is 0.408 e. The maximum Gasteiger partial charge on any atom is 0.408 e. The first-order valence-corrected chi connectivity index (χ1v) is 11.5. The van der Waals surface area contributed by atoms with Gasteiger partial charge in [0.05, 0.1) is 17.7 Å². The summed E-state index contributed by atoms with van der Waals surface area (Å²) in [5.74, 6) is -1.26. The molecule has 0 unspecified atom stereocenters. The number of aromatic nitrogens is 3. The second kappa shape index (κ2) is 11.5. The van der Waals surface area contributed by atoms with Crippen molar-refractivity contribution in [3.05, 3.63) is 70.7 Å². The summed E-state index contributed by atoms with van der Waals surface area (Å²) in [6.45, 7) is 6.71. The van der Waals surface area contributed by atoms with Gasteiger partial charge in [0.2, 0.25) is 6.10 Å². The van der Waals surface area contributed by atoms with Crippen LogP contribution >= 0.6 is 0 Å². The van der Waals surface area contributed by atoms with E-state index in [1.54, 1.807) is 82.1 Å². The summed E-state index contributed by atoms with van der Waals surface area (Å²) in [4.78, 5) is 41.1. The van der Waals surface area contributed by atoms with Gasteiger partial charge in [-0.3, -0.25) is 14.8 Å². The lowest BCUT2D eigenvalue weighted by atomic mass is 10.0. The van der Waals surface area contributed by atoms with E-state index >= 15 is 0 Å². The molecule has 0 radical (unpaired) electrons. The second-order valence-corrected chi connectivity index (χ2v) is 9.03. The standard InChI is InChI=1S/C25H29N5O7/c1-6-35-23(31)21(20(16-10-8-7-9-11-16)28-24(32)37-25(2,3)4)36-22-19(30(33)34)12-17(13-26-22)18-14-27-29(5)15-18/h7-15,20-21H,6H2,1-5H3,(H,28,32)/t20-,21-/m1/s1. The molecule has 0 fully saturated rings. The average Bonchev–Trinajstić information content (AvgIpc) is 3.27. The van der Waals surface area contributed by atoms with Crippen molar-refractivity contribution in [1.29, 1.82) is 0 Å². The molecule has 0 spiro atoms. The van der Waals surface area contributed by atoms with Crippen LogP contribution in [0, 0.1) is 10.1 Å². The van der Waals surface area contributed by atoms with Gasteiger partial charge in [0.1, 0.15) is 11.6 Å². The molecular formula is C25H29N5O7. The molecule has 0 saturated carbocycles. The topological polar surface area (TPSA) is 148 Å². The third-order valence-corrected chi connectivity index (χ3v) is 4.96. The van der Waals surface area contributed by atoms with E-state index in [1.165, 1.54) is 12.3 Å². The molecule has 3 aromatic rings. The van der Waals surface area contributed by atoms with E-state index in [2.05, 4.69) is 15.4 Å². The minimum Gasteiger partial charge on any atom is -0.463 e. The predicted molar refractivity (Wildman–Crippen MR) is 133 cm³/mol. The minimum absolute atomic E-state index is 0.0160. The number of alkyl carbamates (subject to hydrolysis) is 1. The third kappa shape index (κ3) is 7.26. The van der Waals surface area contributed by atoms with E-state index in [0.29, 0.717) is 16.7 Å². The fourth-order valence-corrected chi connectivity index (χ4v) is 3.42. The number of carbonyl (C=O) groups excluding carboxylic acids is 2.